The third kappa shape index (κ3) is 3.58. The van der Waals surface area contributed by atoms with Crippen molar-refractivity contribution >= 4 is 10.9 Å². The van der Waals surface area contributed by atoms with Crippen LogP contribution in [0.15, 0.2) is 54.9 Å². The molecule has 2 atom stereocenters. The second-order valence-electron chi connectivity index (χ2n) is 7.35. The lowest BCUT2D eigenvalue weighted by Gasteiger charge is -2.34. The van der Waals surface area contributed by atoms with E-state index in [1.807, 2.05) is 24.3 Å². The molecule has 5 rings (SSSR count). The van der Waals surface area contributed by atoms with Crippen LogP contribution in [0.25, 0.3) is 10.9 Å². The van der Waals surface area contributed by atoms with Crippen molar-refractivity contribution in [1.82, 2.24) is 14.9 Å². The van der Waals surface area contributed by atoms with Crippen molar-refractivity contribution in [2.24, 2.45) is 0 Å². The van der Waals surface area contributed by atoms with E-state index in [1.54, 1.807) is 6.33 Å². The van der Waals surface area contributed by atoms with Crippen LogP contribution in [-0.2, 0) is 0 Å². The molecule has 0 saturated carbocycles. The summed E-state index contributed by atoms with van der Waals surface area (Å²) < 4.78 is 6.05. The zero-order valence-corrected chi connectivity index (χ0v) is 16.0. The van der Waals surface area contributed by atoms with Gasteiger partial charge in [-0.25, -0.2) is 9.97 Å². The zero-order valence-electron chi connectivity index (χ0n) is 16.0. The maximum absolute atomic E-state index is 6.05. The Kier molecular flexibility index (Phi) is 5.55. The molecule has 0 aliphatic carbocycles. The number of benzene rings is 2. The van der Waals surface area contributed by atoms with E-state index in [0.717, 1.165) is 22.7 Å². The first-order valence-corrected chi connectivity index (χ1v) is 9.95. The Morgan fingerprint density at radius 2 is 1.71 bits per heavy atom. The van der Waals surface area contributed by atoms with Crippen LogP contribution in [0.4, 0.5) is 0 Å². The molecule has 0 radical (unpaired) electrons. The Hall–Kier alpha value is -2.90. The molecule has 28 heavy (non-hydrogen) atoms. The SMILES string of the molecule is C#C.c1ccc2c(Oc3ccc(C4CCC5CCCCN54)cc3)ncnc2c1. The Balaban J connectivity index is 0.000000932. The van der Waals surface area contributed by atoms with Crippen LogP contribution in [0.3, 0.4) is 0 Å². The molecule has 2 saturated heterocycles. The second kappa shape index (κ2) is 8.41. The Bertz CT molecular complexity index is 945. The summed E-state index contributed by atoms with van der Waals surface area (Å²) in [7, 11) is 0. The fraction of sp³-hybridized carbons (Fsp3) is 0.333. The Labute approximate surface area is 166 Å². The lowest BCUT2D eigenvalue weighted by atomic mass is 10.0. The summed E-state index contributed by atoms with van der Waals surface area (Å²) >= 11 is 0. The van der Waals surface area contributed by atoms with Gasteiger partial charge in [-0.1, -0.05) is 30.7 Å². The summed E-state index contributed by atoms with van der Waals surface area (Å²) in [5, 5.41) is 0.936. The molecule has 3 heterocycles. The maximum Gasteiger partial charge on any atom is 0.230 e. The number of piperidine rings is 1. The minimum Gasteiger partial charge on any atom is -0.438 e. The van der Waals surface area contributed by atoms with Gasteiger partial charge < -0.3 is 4.74 Å². The quantitative estimate of drug-likeness (QED) is 0.581. The molecule has 0 amide bonds. The Morgan fingerprint density at radius 1 is 0.893 bits per heavy atom. The molecule has 2 aliphatic rings. The third-order valence-corrected chi connectivity index (χ3v) is 5.83. The molecule has 2 unspecified atom stereocenters. The molecule has 3 aromatic rings. The normalized spacial score (nSPS) is 21.5. The van der Waals surface area contributed by atoms with Crippen LogP contribution in [0.2, 0.25) is 0 Å². The third-order valence-electron chi connectivity index (χ3n) is 5.83. The van der Waals surface area contributed by atoms with E-state index in [-0.39, 0.29) is 0 Å². The lowest BCUT2D eigenvalue weighted by Crippen LogP contribution is -2.35. The molecule has 142 valence electrons. The minimum absolute atomic E-state index is 0.578. The number of para-hydroxylation sites is 1. The highest BCUT2D eigenvalue weighted by Gasteiger charge is 2.35. The van der Waals surface area contributed by atoms with E-state index in [4.69, 9.17) is 4.74 Å². The van der Waals surface area contributed by atoms with E-state index in [1.165, 1.54) is 44.2 Å². The number of hydrogen-bond donors (Lipinski definition) is 0. The molecule has 0 N–H and O–H groups in total. The summed E-state index contributed by atoms with van der Waals surface area (Å²) in [5.41, 5.74) is 2.31. The van der Waals surface area contributed by atoms with Crippen molar-refractivity contribution in [2.75, 3.05) is 6.54 Å². The molecular weight excluding hydrogens is 346 g/mol. The average molecular weight is 371 g/mol. The maximum atomic E-state index is 6.05. The topological polar surface area (TPSA) is 38.2 Å². The molecule has 2 aromatic carbocycles. The number of hydrogen-bond acceptors (Lipinski definition) is 4. The zero-order chi connectivity index (χ0) is 19.3. The van der Waals surface area contributed by atoms with Gasteiger partial charge in [-0.3, -0.25) is 4.90 Å². The molecule has 2 aliphatic heterocycles. The van der Waals surface area contributed by atoms with Crippen LogP contribution < -0.4 is 4.74 Å². The van der Waals surface area contributed by atoms with Gasteiger partial charge in [-0.15, -0.1) is 12.8 Å². The van der Waals surface area contributed by atoms with E-state index in [9.17, 15) is 0 Å². The first kappa shape index (κ1) is 18.5. The average Bonchev–Trinajstić information content (AvgIpc) is 3.20. The van der Waals surface area contributed by atoms with Gasteiger partial charge in [0.05, 0.1) is 10.9 Å². The number of rotatable bonds is 3. The van der Waals surface area contributed by atoms with Gasteiger partial charge in [-0.2, -0.15) is 0 Å². The highest BCUT2D eigenvalue weighted by atomic mass is 16.5. The largest absolute Gasteiger partial charge is 0.438 e. The molecule has 0 bridgehead atoms. The highest BCUT2D eigenvalue weighted by Crippen LogP contribution is 2.40. The number of ether oxygens (including phenoxy) is 1. The van der Waals surface area contributed by atoms with Crippen molar-refractivity contribution < 1.29 is 4.74 Å². The van der Waals surface area contributed by atoms with Crippen molar-refractivity contribution in [1.29, 1.82) is 0 Å². The van der Waals surface area contributed by atoms with Crippen LogP contribution in [0, 0.1) is 12.8 Å². The van der Waals surface area contributed by atoms with E-state index >= 15 is 0 Å². The van der Waals surface area contributed by atoms with Gasteiger partial charge in [0.15, 0.2) is 0 Å². The second-order valence-corrected chi connectivity index (χ2v) is 7.35. The Morgan fingerprint density at radius 3 is 2.57 bits per heavy atom. The molecular formula is C24H25N3O. The van der Waals surface area contributed by atoms with Crippen LogP contribution in [-0.4, -0.2) is 27.5 Å². The molecule has 1 aromatic heterocycles. The van der Waals surface area contributed by atoms with E-state index in [0.29, 0.717) is 11.9 Å². The van der Waals surface area contributed by atoms with Gasteiger partial charge in [-0.05, 0) is 62.1 Å². The lowest BCUT2D eigenvalue weighted by molar-refractivity contribution is 0.150. The monoisotopic (exact) mass is 371 g/mol. The van der Waals surface area contributed by atoms with Crippen molar-refractivity contribution in [3.8, 4) is 24.5 Å². The summed E-state index contributed by atoms with van der Waals surface area (Å²) in [6, 6.07) is 17.9. The first-order chi connectivity index (χ1) is 13.9. The number of terminal acetylenes is 1. The molecule has 4 heteroatoms. The van der Waals surface area contributed by atoms with Gasteiger partial charge in [0.2, 0.25) is 5.88 Å². The van der Waals surface area contributed by atoms with Gasteiger partial charge in [0.1, 0.15) is 12.1 Å². The van der Waals surface area contributed by atoms with Crippen LogP contribution in [0.1, 0.15) is 43.7 Å². The standard InChI is InChI=1S/C22H23N3O.C2H2/c1-2-7-20-19(6-1)22(24-15-23-20)26-18-11-8-16(9-12-18)21-13-10-17-5-3-4-14-25(17)21;1-2/h1-2,6-9,11-12,15,17,21H,3-5,10,13-14H2;1-2H. The van der Waals surface area contributed by atoms with Gasteiger partial charge in [0, 0.05) is 12.1 Å². The van der Waals surface area contributed by atoms with Gasteiger partial charge >= 0.3 is 0 Å². The number of nitrogens with zero attached hydrogens (tertiary/aromatic N) is 3. The number of aromatic nitrogens is 2. The van der Waals surface area contributed by atoms with Crippen LogP contribution >= 0.6 is 0 Å². The van der Waals surface area contributed by atoms with Gasteiger partial charge in [0.25, 0.3) is 0 Å². The van der Waals surface area contributed by atoms with E-state index in [2.05, 4.69) is 52.0 Å². The molecule has 2 fully saturated rings. The van der Waals surface area contributed by atoms with Crippen LogP contribution in [0.5, 0.6) is 11.6 Å². The fourth-order valence-electron chi connectivity index (χ4n) is 4.55. The smallest absolute Gasteiger partial charge is 0.230 e. The summed E-state index contributed by atoms with van der Waals surface area (Å²) in [6.45, 7) is 1.25. The minimum atomic E-state index is 0.578. The van der Waals surface area contributed by atoms with E-state index < -0.39 is 0 Å². The predicted octanol–water partition coefficient (Wildman–Crippen LogP) is 5.36. The summed E-state index contributed by atoms with van der Waals surface area (Å²) in [6.07, 6.45) is 16.3. The summed E-state index contributed by atoms with van der Waals surface area (Å²) in [4.78, 5) is 11.3. The predicted molar refractivity (Wildman–Crippen MR) is 112 cm³/mol. The fourth-order valence-corrected chi connectivity index (χ4v) is 4.55. The van der Waals surface area contributed by atoms with Crippen molar-refractivity contribution in [2.45, 2.75) is 44.2 Å². The molecule has 0 spiro atoms. The summed E-state index contributed by atoms with van der Waals surface area (Å²) in [5.74, 6) is 1.44. The molecule has 4 nitrogen and oxygen atoms in total. The van der Waals surface area contributed by atoms with Crippen molar-refractivity contribution in [3.63, 3.8) is 0 Å². The van der Waals surface area contributed by atoms with Crippen molar-refractivity contribution in [3.05, 3.63) is 60.4 Å². The first-order valence-electron chi connectivity index (χ1n) is 9.95. The highest BCUT2D eigenvalue weighted by molar-refractivity contribution is 5.83. The number of fused-ring (bicyclic) bond motifs is 2.